The van der Waals surface area contributed by atoms with Gasteiger partial charge < -0.3 is 0 Å². The van der Waals surface area contributed by atoms with Gasteiger partial charge in [-0.3, -0.25) is 10.1 Å². The highest BCUT2D eigenvalue weighted by Crippen LogP contribution is 2.23. The number of halogens is 2. The molecule has 0 aliphatic rings. The number of benzene rings is 1. The average molecular weight is 281 g/mol. The third-order valence-electron chi connectivity index (χ3n) is 1.51. The highest BCUT2D eigenvalue weighted by Gasteiger charge is 2.15. The van der Waals surface area contributed by atoms with Crippen molar-refractivity contribution >= 4 is 28.3 Å². The van der Waals surface area contributed by atoms with Gasteiger partial charge in [0.15, 0.2) is 0 Å². The van der Waals surface area contributed by atoms with Gasteiger partial charge in [-0.2, -0.15) is 0 Å². The first kappa shape index (κ1) is 9.37. The van der Waals surface area contributed by atoms with E-state index in [2.05, 4.69) is 0 Å². The highest BCUT2D eigenvalue weighted by atomic mass is 127. The van der Waals surface area contributed by atoms with Crippen molar-refractivity contribution in [1.29, 1.82) is 0 Å². The minimum Gasteiger partial charge on any atom is -0.258 e. The van der Waals surface area contributed by atoms with E-state index in [-0.39, 0.29) is 11.3 Å². The molecule has 0 aliphatic carbocycles. The SMILES string of the molecule is Cc1c([N+](=O)[O-])ccc(I)c1F. The second-order valence-corrected chi connectivity index (χ2v) is 3.42. The quantitative estimate of drug-likeness (QED) is 0.451. The lowest BCUT2D eigenvalue weighted by atomic mass is 10.2. The Hall–Kier alpha value is -0.720. The number of hydrogen-bond donors (Lipinski definition) is 0. The molecule has 12 heavy (non-hydrogen) atoms. The number of rotatable bonds is 1. The van der Waals surface area contributed by atoms with E-state index in [4.69, 9.17) is 0 Å². The fourth-order valence-corrected chi connectivity index (χ4v) is 1.42. The number of nitrogens with zero attached hydrogens (tertiary/aromatic N) is 1. The van der Waals surface area contributed by atoms with Crippen molar-refractivity contribution in [3.63, 3.8) is 0 Å². The van der Waals surface area contributed by atoms with E-state index in [9.17, 15) is 14.5 Å². The minimum absolute atomic E-state index is 0.0897. The molecule has 0 N–H and O–H groups in total. The standard InChI is InChI=1S/C7H5FINO2/c1-4-6(10(11)12)3-2-5(9)7(4)8/h2-3H,1H3. The van der Waals surface area contributed by atoms with Crippen molar-refractivity contribution in [3.05, 3.63) is 37.2 Å². The summed E-state index contributed by atoms with van der Waals surface area (Å²) in [5.74, 6) is -0.509. The molecule has 0 heterocycles. The molecular formula is C7H5FINO2. The maximum Gasteiger partial charge on any atom is 0.275 e. The average Bonchev–Trinajstić information content (AvgIpc) is 2.00. The van der Waals surface area contributed by atoms with E-state index in [0.717, 1.165) is 0 Å². The van der Waals surface area contributed by atoms with Gasteiger partial charge in [0.05, 0.1) is 10.5 Å². The Labute approximate surface area is 81.9 Å². The van der Waals surface area contributed by atoms with Crippen LogP contribution in [-0.4, -0.2) is 4.92 Å². The second-order valence-electron chi connectivity index (χ2n) is 2.26. The van der Waals surface area contributed by atoms with Crippen LogP contribution in [0.4, 0.5) is 10.1 Å². The van der Waals surface area contributed by atoms with Crippen LogP contribution in [0, 0.1) is 26.4 Å². The second kappa shape index (κ2) is 3.34. The Morgan fingerprint density at radius 3 is 2.67 bits per heavy atom. The Morgan fingerprint density at radius 2 is 2.17 bits per heavy atom. The van der Waals surface area contributed by atoms with Crippen LogP contribution in [0.1, 0.15) is 5.56 Å². The van der Waals surface area contributed by atoms with Crippen LogP contribution < -0.4 is 0 Å². The highest BCUT2D eigenvalue weighted by molar-refractivity contribution is 14.1. The van der Waals surface area contributed by atoms with Crippen molar-refractivity contribution in [1.82, 2.24) is 0 Å². The van der Waals surface area contributed by atoms with Crippen molar-refractivity contribution in [2.45, 2.75) is 6.92 Å². The molecule has 1 aromatic rings. The third-order valence-corrected chi connectivity index (χ3v) is 2.34. The van der Waals surface area contributed by atoms with Gasteiger partial charge in [0.25, 0.3) is 5.69 Å². The topological polar surface area (TPSA) is 43.1 Å². The zero-order valence-electron chi connectivity index (χ0n) is 6.17. The van der Waals surface area contributed by atoms with Gasteiger partial charge in [-0.15, -0.1) is 0 Å². The molecule has 0 unspecified atom stereocenters. The predicted octanol–water partition coefficient (Wildman–Crippen LogP) is 2.65. The first-order valence-electron chi connectivity index (χ1n) is 3.13. The summed E-state index contributed by atoms with van der Waals surface area (Å²) < 4.78 is 13.4. The van der Waals surface area contributed by atoms with Crippen molar-refractivity contribution in [2.75, 3.05) is 0 Å². The molecule has 64 valence electrons. The molecule has 3 nitrogen and oxygen atoms in total. The minimum atomic E-state index is -0.589. The predicted molar refractivity (Wildman–Crippen MR) is 50.5 cm³/mol. The van der Waals surface area contributed by atoms with Crippen LogP contribution in [-0.2, 0) is 0 Å². The zero-order chi connectivity index (χ0) is 9.30. The molecule has 0 aliphatic heterocycles. The first-order chi connectivity index (χ1) is 5.54. The Balaban J connectivity index is 3.36. The van der Waals surface area contributed by atoms with Gasteiger partial charge in [-0.25, -0.2) is 4.39 Å². The van der Waals surface area contributed by atoms with Gasteiger partial charge in [0.2, 0.25) is 0 Å². The summed E-state index contributed by atoms with van der Waals surface area (Å²) >= 11 is 1.79. The van der Waals surface area contributed by atoms with Crippen LogP contribution >= 0.6 is 22.6 Å². The van der Waals surface area contributed by atoms with E-state index < -0.39 is 10.7 Å². The van der Waals surface area contributed by atoms with Crippen LogP contribution in [0.15, 0.2) is 12.1 Å². The lowest BCUT2D eigenvalue weighted by molar-refractivity contribution is -0.385. The number of nitro benzene ring substituents is 1. The summed E-state index contributed by atoms with van der Waals surface area (Å²) in [5, 5.41) is 10.3. The summed E-state index contributed by atoms with van der Waals surface area (Å²) in [7, 11) is 0. The van der Waals surface area contributed by atoms with Crippen molar-refractivity contribution < 1.29 is 9.31 Å². The van der Waals surface area contributed by atoms with E-state index in [1.165, 1.54) is 19.1 Å². The van der Waals surface area contributed by atoms with E-state index in [0.29, 0.717) is 3.57 Å². The molecule has 0 radical (unpaired) electrons. The van der Waals surface area contributed by atoms with Gasteiger partial charge in [0.1, 0.15) is 5.82 Å². The molecule has 0 spiro atoms. The molecule has 0 saturated heterocycles. The first-order valence-corrected chi connectivity index (χ1v) is 4.21. The lowest BCUT2D eigenvalue weighted by Gasteiger charge is -1.99. The Morgan fingerprint density at radius 1 is 1.58 bits per heavy atom. The van der Waals surface area contributed by atoms with Gasteiger partial charge in [-0.05, 0) is 35.6 Å². The molecule has 1 rings (SSSR count). The normalized spacial score (nSPS) is 9.92. The summed E-state index contributed by atoms with van der Waals surface area (Å²) in [6.07, 6.45) is 0. The summed E-state index contributed by atoms with van der Waals surface area (Å²) in [6.45, 7) is 1.40. The Kier molecular flexibility index (Phi) is 2.61. The largest absolute Gasteiger partial charge is 0.275 e. The monoisotopic (exact) mass is 281 g/mol. The summed E-state index contributed by atoms with van der Waals surface area (Å²) in [6, 6.07) is 2.70. The number of nitro groups is 1. The molecule has 5 heteroatoms. The third kappa shape index (κ3) is 1.55. The summed E-state index contributed by atoms with van der Waals surface area (Å²) in [5.41, 5.74) is -0.0835. The molecular weight excluding hydrogens is 276 g/mol. The van der Waals surface area contributed by atoms with Crippen molar-refractivity contribution in [2.24, 2.45) is 0 Å². The van der Waals surface area contributed by atoms with E-state index >= 15 is 0 Å². The molecule has 1 aromatic carbocycles. The lowest BCUT2D eigenvalue weighted by Crippen LogP contribution is -1.95. The van der Waals surface area contributed by atoms with Crippen LogP contribution in [0.3, 0.4) is 0 Å². The molecule has 0 amide bonds. The smallest absolute Gasteiger partial charge is 0.258 e. The molecule has 0 aromatic heterocycles. The van der Waals surface area contributed by atoms with Crippen molar-refractivity contribution in [3.8, 4) is 0 Å². The van der Waals surface area contributed by atoms with Gasteiger partial charge in [-0.1, -0.05) is 0 Å². The van der Waals surface area contributed by atoms with Gasteiger partial charge >= 0.3 is 0 Å². The maximum atomic E-state index is 13.0. The maximum absolute atomic E-state index is 13.0. The van der Waals surface area contributed by atoms with Crippen LogP contribution in [0.2, 0.25) is 0 Å². The van der Waals surface area contributed by atoms with Crippen LogP contribution in [0.25, 0.3) is 0 Å². The van der Waals surface area contributed by atoms with E-state index in [1.807, 2.05) is 0 Å². The Bertz CT molecular complexity index is 340. The molecule has 0 fully saturated rings. The molecule has 0 bridgehead atoms. The number of hydrogen-bond acceptors (Lipinski definition) is 2. The molecule has 0 saturated carbocycles. The fourth-order valence-electron chi connectivity index (χ4n) is 0.840. The molecule has 0 atom stereocenters. The van der Waals surface area contributed by atoms with E-state index in [1.54, 1.807) is 22.6 Å². The van der Waals surface area contributed by atoms with Gasteiger partial charge in [0, 0.05) is 9.64 Å². The summed E-state index contributed by atoms with van der Waals surface area (Å²) in [4.78, 5) is 9.73. The van der Waals surface area contributed by atoms with Crippen LogP contribution in [0.5, 0.6) is 0 Å². The zero-order valence-corrected chi connectivity index (χ0v) is 8.33. The fraction of sp³-hybridized carbons (Fsp3) is 0.143.